The van der Waals surface area contributed by atoms with Crippen molar-refractivity contribution < 1.29 is 14.3 Å². The van der Waals surface area contributed by atoms with Crippen molar-refractivity contribution in [2.45, 2.75) is 20.3 Å². The molecule has 0 heterocycles. The highest BCUT2D eigenvalue weighted by Gasteiger charge is 2.07. The van der Waals surface area contributed by atoms with Crippen molar-refractivity contribution in [2.24, 2.45) is 0 Å². The van der Waals surface area contributed by atoms with Crippen LogP contribution in [-0.4, -0.2) is 25.1 Å². The molecule has 0 aromatic heterocycles. The molecule has 0 saturated heterocycles. The second-order valence-corrected chi connectivity index (χ2v) is 2.65. The molecule has 0 amide bonds. The predicted octanol–water partition coefficient (Wildman–Crippen LogP) is 2.10. The van der Waals surface area contributed by atoms with Gasteiger partial charge in [-0.3, -0.25) is 0 Å². The normalized spacial score (nSPS) is 11.2. The summed E-state index contributed by atoms with van der Waals surface area (Å²) in [7, 11) is 0. The van der Waals surface area contributed by atoms with E-state index < -0.39 is 0 Å². The Morgan fingerprint density at radius 3 is 2.62 bits per heavy atom. The number of hydrogen-bond acceptors (Lipinski definition) is 3. The minimum Gasteiger partial charge on any atom is -0.499 e. The Kier molecular flexibility index (Phi) is 7.50. The third-order valence-electron chi connectivity index (χ3n) is 1.34. The molecule has 0 atom stereocenters. The van der Waals surface area contributed by atoms with Crippen molar-refractivity contribution in [1.82, 2.24) is 0 Å². The molecule has 0 aromatic carbocycles. The molecule has 13 heavy (non-hydrogen) atoms. The fraction of sp³-hybridized carbons (Fsp3) is 0.667. The molecule has 0 aliphatic carbocycles. The number of alkyl halides is 1. The van der Waals surface area contributed by atoms with Gasteiger partial charge in [0.15, 0.2) is 0 Å². The summed E-state index contributed by atoms with van der Waals surface area (Å²) in [5.74, 6) is 0.0932. The highest BCUT2D eigenvalue weighted by molar-refractivity contribution is 6.17. The first-order valence-corrected chi connectivity index (χ1v) is 4.83. The Bertz CT molecular complexity index is 178. The van der Waals surface area contributed by atoms with E-state index in [0.29, 0.717) is 31.1 Å². The van der Waals surface area contributed by atoms with Crippen LogP contribution in [0.4, 0.5) is 0 Å². The molecule has 0 saturated carbocycles. The maximum absolute atomic E-state index is 11.2. The molecule has 0 aliphatic rings. The van der Waals surface area contributed by atoms with Gasteiger partial charge in [-0.1, -0.05) is 6.92 Å². The Hall–Kier alpha value is -0.700. The molecule has 0 unspecified atom stereocenters. The number of carbonyl (C=O) groups excluding carboxylic acids is 1. The zero-order valence-corrected chi connectivity index (χ0v) is 8.76. The van der Waals surface area contributed by atoms with Crippen LogP contribution in [0.15, 0.2) is 11.8 Å². The zero-order chi connectivity index (χ0) is 10.1. The predicted molar refractivity (Wildman–Crippen MR) is 51.7 cm³/mol. The van der Waals surface area contributed by atoms with Crippen LogP contribution in [0.3, 0.4) is 0 Å². The van der Waals surface area contributed by atoms with E-state index in [1.807, 2.05) is 6.92 Å². The van der Waals surface area contributed by atoms with Crippen LogP contribution in [-0.2, 0) is 14.3 Å². The van der Waals surface area contributed by atoms with Gasteiger partial charge in [0.1, 0.15) is 6.61 Å². The molecule has 0 fully saturated rings. The summed E-state index contributed by atoms with van der Waals surface area (Å²) in [4.78, 5) is 11.2. The number of esters is 1. The fourth-order valence-electron chi connectivity index (χ4n) is 0.704. The SMILES string of the molecule is CCOC(=O)C(=COCCCl)CC. The Balaban J connectivity index is 3.99. The molecular formula is C9H15ClO3. The lowest BCUT2D eigenvalue weighted by molar-refractivity contribution is -0.138. The second kappa shape index (κ2) is 7.92. The van der Waals surface area contributed by atoms with Crippen molar-refractivity contribution in [2.75, 3.05) is 19.1 Å². The monoisotopic (exact) mass is 206 g/mol. The van der Waals surface area contributed by atoms with Gasteiger partial charge < -0.3 is 9.47 Å². The first kappa shape index (κ1) is 12.3. The lowest BCUT2D eigenvalue weighted by atomic mass is 10.2. The second-order valence-electron chi connectivity index (χ2n) is 2.28. The van der Waals surface area contributed by atoms with Crippen LogP contribution in [0.2, 0.25) is 0 Å². The van der Waals surface area contributed by atoms with E-state index in [4.69, 9.17) is 21.1 Å². The van der Waals surface area contributed by atoms with E-state index >= 15 is 0 Å². The molecular weight excluding hydrogens is 192 g/mol. The standard InChI is InChI=1S/C9H15ClO3/c1-3-8(7-12-6-5-10)9(11)13-4-2/h7H,3-6H2,1-2H3. The number of halogens is 1. The number of ether oxygens (including phenoxy) is 2. The summed E-state index contributed by atoms with van der Waals surface area (Å²) >= 11 is 5.40. The number of hydrogen-bond donors (Lipinski definition) is 0. The van der Waals surface area contributed by atoms with Gasteiger partial charge in [0.2, 0.25) is 0 Å². The van der Waals surface area contributed by atoms with Crippen LogP contribution in [0.5, 0.6) is 0 Å². The summed E-state index contributed by atoms with van der Waals surface area (Å²) in [6, 6.07) is 0. The average Bonchev–Trinajstić information content (AvgIpc) is 2.13. The first-order chi connectivity index (χ1) is 6.26. The van der Waals surface area contributed by atoms with Gasteiger partial charge in [-0.05, 0) is 13.3 Å². The lowest BCUT2D eigenvalue weighted by Crippen LogP contribution is -2.07. The molecule has 0 aromatic rings. The Labute approximate surface area is 83.7 Å². The van der Waals surface area contributed by atoms with E-state index in [1.165, 1.54) is 6.26 Å². The highest BCUT2D eigenvalue weighted by atomic mass is 35.5. The molecule has 0 bridgehead atoms. The summed E-state index contributed by atoms with van der Waals surface area (Å²) < 4.78 is 9.81. The van der Waals surface area contributed by atoms with E-state index in [2.05, 4.69) is 0 Å². The van der Waals surface area contributed by atoms with Crippen LogP contribution in [0, 0.1) is 0 Å². The highest BCUT2D eigenvalue weighted by Crippen LogP contribution is 2.03. The van der Waals surface area contributed by atoms with Gasteiger partial charge in [-0.25, -0.2) is 4.79 Å². The van der Waals surface area contributed by atoms with Crippen molar-refractivity contribution >= 4 is 17.6 Å². The smallest absolute Gasteiger partial charge is 0.337 e. The Morgan fingerprint density at radius 2 is 2.15 bits per heavy atom. The van der Waals surface area contributed by atoms with Crippen molar-refractivity contribution in [1.29, 1.82) is 0 Å². The molecule has 0 aliphatic heterocycles. The van der Waals surface area contributed by atoms with Crippen LogP contribution in [0.25, 0.3) is 0 Å². The quantitative estimate of drug-likeness (QED) is 0.220. The van der Waals surface area contributed by atoms with E-state index in [-0.39, 0.29) is 5.97 Å². The first-order valence-electron chi connectivity index (χ1n) is 4.30. The minimum atomic E-state index is -0.320. The van der Waals surface area contributed by atoms with Crippen molar-refractivity contribution in [3.05, 3.63) is 11.8 Å². The van der Waals surface area contributed by atoms with Gasteiger partial charge in [0.25, 0.3) is 0 Å². The summed E-state index contributed by atoms with van der Waals surface area (Å²) in [6.45, 7) is 4.42. The molecule has 0 rings (SSSR count). The fourth-order valence-corrected chi connectivity index (χ4v) is 0.793. The molecule has 76 valence electrons. The largest absolute Gasteiger partial charge is 0.499 e. The third kappa shape index (κ3) is 5.53. The van der Waals surface area contributed by atoms with Gasteiger partial charge >= 0.3 is 5.97 Å². The molecule has 0 radical (unpaired) electrons. The van der Waals surface area contributed by atoms with Crippen LogP contribution >= 0.6 is 11.6 Å². The zero-order valence-electron chi connectivity index (χ0n) is 8.01. The van der Waals surface area contributed by atoms with Gasteiger partial charge in [-0.15, -0.1) is 11.6 Å². The summed E-state index contributed by atoms with van der Waals surface area (Å²) in [5, 5.41) is 0. The lowest BCUT2D eigenvalue weighted by Gasteiger charge is -2.04. The van der Waals surface area contributed by atoms with Crippen LogP contribution < -0.4 is 0 Å². The maximum atomic E-state index is 11.2. The van der Waals surface area contributed by atoms with Crippen molar-refractivity contribution in [3.8, 4) is 0 Å². The number of carbonyl (C=O) groups is 1. The topological polar surface area (TPSA) is 35.5 Å². The van der Waals surface area contributed by atoms with Crippen molar-refractivity contribution in [3.63, 3.8) is 0 Å². The van der Waals surface area contributed by atoms with E-state index in [9.17, 15) is 4.79 Å². The van der Waals surface area contributed by atoms with Gasteiger partial charge in [-0.2, -0.15) is 0 Å². The Morgan fingerprint density at radius 1 is 1.46 bits per heavy atom. The summed E-state index contributed by atoms with van der Waals surface area (Å²) in [6.07, 6.45) is 2.02. The summed E-state index contributed by atoms with van der Waals surface area (Å²) in [5.41, 5.74) is 0.534. The average molecular weight is 207 g/mol. The molecule has 4 heteroatoms. The van der Waals surface area contributed by atoms with Crippen LogP contribution in [0.1, 0.15) is 20.3 Å². The maximum Gasteiger partial charge on any atom is 0.337 e. The van der Waals surface area contributed by atoms with E-state index in [1.54, 1.807) is 6.92 Å². The van der Waals surface area contributed by atoms with Gasteiger partial charge in [0, 0.05) is 0 Å². The van der Waals surface area contributed by atoms with Gasteiger partial charge in [0.05, 0.1) is 24.3 Å². The molecule has 0 N–H and O–H groups in total. The molecule has 3 nitrogen and oxygen atoms in total. The molecule has 0 spiro atoms. The van der Waals surface area contributed by atoms with E-state index in [0.717, 1.165) is 0 Å². The number of rotatable bonds is 6. The minimum absolute atomic E-state index is 0.320. The third-order valence-corrected chi connectivity index (χ3v) is 1.49.